The van der Waals surface area contributed by atoms with Gasteiger partial charge in [-0.05, 0) is 69.4 Å². The van der Waals surface area contributed by atoms with Gasteiger partial charge in [-0.15, -0.1) is 0 Å². The minimum Gasteiger partial charge on any atom is -0.322 e. The second kappa shape index (κ2) is 11.5. The predicted molar refractivity (Wildman–Crippen MR) is 137 cm³/mol. The first kappa shape index (κ1) is 24.9. The van der Waals surface area contributed by atoms with Gasteiger partial charge in [0.05, 0.1) is 0 Å². The number of piperidine rings is 2. The summed E-state index contributed by atoms with van der Waals surface area (Å²) in [5.41, 5.74) is 2.38. The molecule has 2 N–H and O–H groups in total. The summed E-state index contributed by atoms with van der Waals surface area (Å²) in [6.07, 6.45) is 6.26. The molecule has 0 aliphatic carbocycles. The third kappa shape index (κ3) is 5.64. The Morgan fingerprint density at radius 1 is 0.972 bits per heavy atom. The Balaban J connectivity index is 1.07. The average Bonchev–Trinajstić information content (AvgIpc) is 3.24. The largest absolute Gasteiger partial charge is 0.322 e. The molecule has 4 aliphatic rings. The lowest BCUT2D eigenvalue weighted by atomic mass is 10.0. The van der Waals surface area contributed by atoms with Gasteiger partial charge in [0.2, 0.25) is 11.8 Å². The zero-order valence-corrected chi connectivity index (χ0v) is 21.1. The Kier molecular flexibility index (Phi) is 8.00. The fourth-order valence-electron chi connectivity index (χ4n) is 5.93. The lowest BCUT2D eigenvalue weighted by Crippen LogP contribution is -2.52. The van der Waals surface area contributed by atoms with Crippen molar-refractivity contribution in [2.45, 2.75) is 63.6 Å². The van der Waals surface area contributed by atoms with E-state index in [0.29, 0.717) is 18.5 Å². The second-order valence-corrected chi connectivity index (χ2v) is 10.3. The van der Waals surface area contributed by atoms with Crippen LogP contribution in [0.15, 0.2) is 18.2 Å². The van der Waals surface area contributed by atoms with Crippen molar-refractivity contribution < 1.29 is 14.4 Å². The number of nitrogens with one attached hydrogen (secondary N) is 2. The number of fused-ring (bicyclic) bond motifs is 1. The number of benzene rings is 1. The minimum absolute atomic E-state index is 0.150. The Labute approximate surface area is 213 Å². The van der Waals surface area contributed by atoms with Crippen LogP contribution in [-0.2, 0) is 16.1 Å². The molecule has 192 valence electrons. The second-order valence-electron chi connectivity index (χ2n) is 10.3. The van der Waals surface area contributed by atoms with Gasteiger partial charge in [-0.2, -0.15) is 0 Å². The molecule has 0 bridgehead atoms. The predicted octanol–water partition coefficient (Wildman–Crippen LogP) is 1.34. The van der Waals surface area contributed by atoms with E-state index in [1.165, 1.54) is 39.0 Å². The van der Waals surface area contributed by atoms with Crippen LogP contribution in [-0.4, -0.2) is 90.3 Å². The molecule has 1 unspecified atom stereocenters. The van der Waals surface area contributed by atoms with Crippen molar-refractivity contribution in [3.63, 3.8) is 0 Å². The van der Waals surface area contributed by atoms with Gasteiger partial charge in [-0.3, -0.25) is 24.6 Å². The number of rotatable bonds is 6. The van der Waals surface area contributed by atoms with E-state index in [1.54, 1.807) is 11.0 Å². The van der Waals surface area contributed by atoms with E-state index in [2.05, 4.69) is 32.3 Å². The van der Waals surface area contributed by atoms with Crippen LogP contribution in [0.5, 0.6) is 0 Å². The molecule has 1 aromatic rings. The number of carbonyl (C=O) groups is 3. The summed E-state index contributed by atoms with van der Waals surface area (Å²) >= 11 is 0. The van der Waals surface area contributed by atoms with Crippen molar-refractivity contribution >= 4 is 17.7 Å². The molecule has 0 radical (unpaired) electrons. The van der Waals surface area contributed by atoms with Crippen LogP contribution in [0.3, 0.4) is 0 Å². The molecule has 4 heterocycles. The number of amides is 3. The molecule has 5 rings (SSSR count). The highest BCUT2D eigenvalue weighted by Crippen LogP contribution is 2.29. The maximum absolute atomic E-state index is 13.0. The maximum Gasteiger partial charge on any atom is 0.255 e. The third-order valence-corrected chi connectivity index (χ3v) is 8.06. The van der Waals surface area contributed by atoms with Crippen LogP contribution >= 0.6 is 0 Å². The molecule has 0 saturated carbocycles. The van der Waals surface area contributed by atoms with Gasteiger partial charge >= 0.3 is 0 Å². The lowest BCUT2D eigenvalue weighted by molar-refractivity contribution is -0.136. The molecule has 8 nitrogen and oxygen atoms in total. The molecular formula is C28H37N5O3. The molecule has 3 amide bonds. The van der Waals surface area contributed by atoms with Crippen molar-refractivity contribution in [1.29, 1.82) is 0 Å². The Morgan fingerprint density at radius 2 is 1.78 bits per heavy atom. The van der Waals surface area contributed by atoms with Gasteiger partial charge in [0.15, 0.2) is 0 Å². The lowest BCUT2D eigenvalue weighted by Gasteiger charge is -2.40. The first-order valence-corrected chi connectivity index (χ1v) is 13.5. The summed E-state index contributed by atoms with van der Waals surface area (Å²) in [5, 5.41) is 5.82. The number of unbranched alkanes of at least 4 members (excludes halogenated alkanes) is 2. The molecule has 3 saturated heterocycles. The Bertz CT molecular complexity index is 1050. The average molecular weight is 492 g/mol. The molecule has 4 aliphatic heterocycles. The molecule has 36 heavy (non-hydrogen) atoms. The number of piperazine rings is 1. The minimum atomic E-state index is -0.593. The van der Waals surface area contributed by atoms with Crippen LogP contribution in [0.1, 0.15) is 66.4 Å². The summed E-state index contributed by atoms with van der Waals surface area (Å²) in [7, 11) is 0. The highest BCUT2D eigenvalue weighted by atomic mass is 16.2. The Hall–Kier alpha value is -2.73. The van der Waals surface area contributed by atoms with Crippen LogP contribution in [0.25, 0.3) is 0 Å². The SMILES string of the molecule is O=C1CCC(N2Cc3c(C#CCCCCN4CCN(C5CCNCC5)CC4)cccc3C2=O)C(=O)N1. The van der Waals surface area contributed by atoms with Gasteiger partial charge in [0.25, 0.3) is 5.91 Å². The fraction of sp³-hybridized carbons (Fsp3) is 0.607. The highest BCUT2D eigenvalue weighted by molar-refractivity contribution is 6.05. The topological polar surface area (TPSA) is 85.0 Å². The normalized spacial score (nSPS) is 23.8. The molecule has 1 atom stereocenters. The van der Waals surface area contributed by atoms with E-state index in [0.717, 1.165) is 56.1 Å². The first-order valence-electron chi connectivity index (χ1n) is 13.5. The fourth-order valence-corrected chi connectivity index (χ4v) is 5.93. The quantitative estimate of drug-likeness (QED) is 0.355. The number of hydrogen-bond acceptors (Lipinski definition) is 6. The third-order valence-electron chi connectivity index (χ3n) is 8.06. The summed E-state index contributed by atoms with van der Waals surface area (Å²) < 4.78 is 0. The van der Waals surface area contributed by atoms with Crippen molar-refractivity contribution in [2.24, 2.45) is 0 Å². The van der Waals surface area contributed by atoms with E-state index >= 15 is 0 Å². The van der Waals surface area contributed by atoms with Crippen molar-refractivity contribution in [3.05, 3.63) is 34.9 Å². The van der Waals surface area contributed by atoms with Gasteiger partial charge < -0.3 is 15.1 Å². The molecule has 0 aromatic heterocycles. The smallest absolute Gasteiger partial charge is 0.255 e. The summed E-state index contributed by atoms with van der Waals surface area (Å²) in [5.74, 6) is 5.78. The zero-order valence-electron chi connectivity index (χ0n) is 21.1. The standard InChI is InChI=1S/C28H37N5O3/c34-26-10-9-25(27(35)30-26)33-20-24-21(7-5-8-23(24)28(33)36)6-3-1-2-4-15-31-16-18-32(19-17-31)22-11-13-29-14-12-22/h5,7-8,22,25,29H,1-2,4,9-20H2,(H,30,34,35). The summed E-state index contributed by atoms with van der Waals surface area (Å²) in [6.45, 7) is 8.55. The van der Waals surface area contributed by atoms with Gasteiger partial charge in [0.1, 0.15) is 6.04 Å². The van der Waals surface area contributed by atoms with Crippen LogP contribution in [0, 0.1) is 11.8 Å². The van der Waals surface area contributed by atoms with Crippen LogP contribution in [0.2, 0.25) is 0 Å². The molecule has 1 aromatic carbocycles. The van der Waals surface area contributed by atoms with E-state index < -0.39 is 6.04 Å². The monoisotopic (exact) mass is 491 g/mol. The first-order chi connectivity index (χ1) is 17.6. The molecule has 0 spiro atoms. The van der Waals surface area contributed by atoms with Crippen LogP contribution < -0.4 is 10.6 Å². The van der Waals surface area contributed by atoms with E-state index in [1.807, 2.05) is 12.1 Å². The number of carbonyl (C=O) groups excluding carboxylic acids is 3. The summed E-state index contributed by atoms with van der Waals surface area (Å²) in [6, 6.07) is 5.80. The van der Waals surface area contributed by atoms with Gasteiger partial charge in [-0.1, -0.05) is 17.9 Å². The molecule has 3 fully saturated rings. The molecular weight excluding hydrogens is 454 g/mol. The van der Waals surface area contributed by atoms with Crippen molar-refractivity contribution in [3.8, 4) is 11.8 Å². The maximum atomic E-state index is 13.0. The van der Waals surface area contributed by atoms with E-state index in [4.69, 9.17) is 0 Å². The number of hydrogen-bond donors (Lipinski definition) is 2. The van der Waals surface area contributed by atoms with Crippen LogP contribution in [0.4, 0.5) is 0 Å². The van der Waals surface area contributed by atoms with E-state index in [-0.39, 0.29) is 24.1 Å². The van der Waals surface area contributed by atoms with Crippen molar-refractivity contribution in [1.82, 2.24) is 25.3 Å². The molecule has 8 heteroatoms. The zero-order chi connectivity index (χ0) is 24.9. The van der Waals surface area contributed by atoms with Crippen molar-refractivity contribution in [2.75, 3.05) is 45.8 Å². The van der Waals surface area contributed by atoms with Gasteiger partial charge in [0, 0.05) is 62.7 Å². The highest BCUT2D eigenvalue weighted by Gasteiger charge is 2.39. The number of nitrogens with zero attached hydrogens (tertiary/aromatic N) is 3. The van der Waals surface area contributed by atoms with E-state index in [9.17, 15) is 14.4 Å². The number of imide groups is 1. The van der Waals surface area contributed by atoms with Gasteiger partial charge in [-0.25, -0.2) is 0 Å². The Morgan fingerprint density at radius 3 is 2.56 bits per heavy atom. The summed E-state index contributed by atoms with van der Waals surface area (Å²) in [4.78, 5) is 43.6.